The lowest BCUT2D eigenvalue weighted by atomic mass is 9.92. The summed E-state index contributed by atoms with van der Waals surface area (Å²) in [6.07, 6.45) is 4.19. The zero-order valence-corrected chi connectivity index (χ0v) is 18.9. The van der Waals surface area contributed by atoms with Gasteiger partial charge < -0.3 is 9.80 Å². The Kier molecular flexibility index (Phi) is 7.11. The van der Waals surface area contributed by atoms with Crippen molar-refractivity contribution in [3.05, 3.63) is 47.3 Å². The minimum absolute atomic E-state index is 0.0464. The standard InChI is InChI=1S/C21H29N5O4S/c1-22-31(29,30)17-9-6-15(7-10-17)8-11-19(27)26-12-4-5-16(14-26)20-18(13-23-24-20)21(28)25(2)3/h6-7,9-10,13,16,22H,4-5,8,11-12,14H2,1-3H3,(H,23,24)/t16-/m0/s1. The number of nitrogens with one attached hydrogen (secondary N) is 2. The summed E-state index contributed by atoms with van der Waals surface area (Å²) >= 11 is 0. The third-order valence-electron chi connectivity index (χ3n) is 5.62. The highest BCUT2D eigenvalue weighted by Gasteiger charge is 2.29. The van der Waals surface area contributed by atoms with Crippen LogP contribution < -0.4 is 4.72 Å². The highest BCUT2D eigenvalue weighted by molar-refractivity contribution is 7.89. The van der Waals surface area contributed by atoms with Crippen LogP contribution in [0.4, 0.5) is 0 Å². The first-order valence-corrected chi connectivity index (χ1v) is 11.8. The number of aryl methyl sites for hydroxylation is 1. The fourth-order valence-corrected chi connectivity index (χ4v) is 4.55. The number of aromatic nitrogens is 2. The molecule has 2 amide bonds. The zero-order valence-electron chi connectivity index (χ0n) is 18.1. The van der Waals surface area contributed by atoms with Crippen molar-refractivity contribution in [1.29, 1.82) is 0 Å². The Hall–Kier alpha value is -2.72. The van der Waals surface area contributed by atoms with Crippen LogP contribution in [-0.2, 0) is 21.2 Å². The van der Waals surface area contributed by atoms with Gasteiger partial charge in [0, 0.05) is 39.5 Å². The van der Waals surface area contributed by atoms with Crippen molar-refractivity contribution in [3.63, 3.8) is 0 Å². The van der Waals surface area contributed by atoms with Crippen molar-refractivity contribution in [2.75, 3.05) is 34.2 Å². The Bertz CT molecular complexity index is 1030. The van der Waals surface area contributed by atoms with Crippen LogP contribution in [0.3, 0.4) is 0 Å². The smallest absolute Gasteiger partial charge is 0.256 e. The van der Waals surface area contributed by atoms with Gasteiger partial charge in [-0.1, -0.05) is 12.1 Å². The molecule has 0 aliphatic carbocycles. The maximum atomic E-state index is 12.8. The molecule has 31 heavy (non-hydrogen) atoms. The molecule has 1 aromatic carbocycles. The number of carbonyl (C=O) groups is 2. The Labute approximate surface area is 182 Å². The first-order valence-electron chi connectivity index (χ1n) is 10.3. The van der Waals surface area contributed by atoms with Crippen molar-refractivity contribution in [3.8, 4) is 0 Å². The molecule has 0 spiro atoms. The summed E-state index contributed by atoms with van der Waals surface area (Å²) in [6.45, 7) is 1.24. The highest BCUT2D eigenvalue weighted by atomic mass is 32.2. The summed E-state index contributed by atoms with van der Waals surface area (Å²) in [7, 11) is 1.31. The third-order valence-corrected chi connectivity index (χ3v) is 7.05. The largest absolute Gasteiger partial charge is 0.345 e. The molecule has 1 aliphatic heterocycles. The predicted octanol–water partition coefficient (Wildman–Crippen LogP) is 1.36. The molecule has 168 valence electrons. The van der Waals surface area contributed by atoms with Crippen LogP contribution in [0.1, 0.15) is 46.8 Å². The fourth-order valence-electron chi connectivity index (χ4n) is 3.82. The molecular formula is C21H29N5O4S. The summed E-state index contributed by atoms with van der Waals surface area (Å²) in [5, 5.41) is 7.02. The average Bonchev–Trinajstić information content (AvgIpc) is 3.27. The molecule has 1 aromatic heterocycles. The van der Waals surface area contributed by atoms with Gasteiger partial charge in [-0.3, -0.25) is 14.7 Å². The van der Waals surface area contributed by atoms with Gasteiger partial charge >= 0.3 is 0 Å². The van der Waals surface area contributed by atoms with Crippen molar-refractivity contribution < 1.29 is 18.0 Å². The van der Waals surface area contributed by atoms with Gasteiger partial charge in [0.25, 0.3) is 5.91 Å². The van der Waals surface area contributed by atoms with Gasteiger partial charge in [0.1, 0.15) is 0 Å². The van der Waals surface area contributed by atoms with Crippen LogP contribution >= 0.6 is 0 Å². The van der Waals surface area contributed by atoms with Crippen LogP contribution in [0, 0.1) is 0 Å². The van der Waals surface area contributed by atoms with Gasteiger partial charge in [-0.15, -0.1) is 0 Å². The van der Waals surface area contributed by atoms with E-state index in [9.17, 15) is 18.0 Å². The number of benzene rings is 1. The van der Waals surface area contributed by atoms with E-state index in [0.717, 1.165) is 24.1 Å². The van der Waals surface area contributed by atoms with E-state index in [-0.39, 0.29) is 22.6 Å². The molecule has 1 saturated heterocycles. The van der Waals surface area contributed by atoms with Gasteiger partial charge in [0.05, 0.1) is 22.3 Å². The summed E-state index contributed by atoms with van der Waals surface area (Å²) in [5.41, 5.74) is 2.25. The maximum absolute atomic E-state index is 12.8. The molecule has 1 fully saturated rings. The quantitative estimate of drug-likeness (QED) is 0.665. The molecule has 2 N–H and O–H groups in total. The average molecular weight is 448 g/mol. The molecule has 9 nitrogen and oxygen atoms in total. The van der Waals surface area contributed by atoms with Crippen molar-refractivity contribution in [1.82, 2.24) is 24.7 Å². The van der Waals surface area contributed by atoms with E-state index in [0.29, 0.717) is 31.5 Å². The zero-order chi connectivity index (χ0) is 22.6. The van der Waals surface area contributed by atoms with Crippen LogP contribution in [0.25, 0.3) is 0 Å². The van der Waals surface area contributed by atoms with Crippen molar-refractivity contribution in [2.45, 2.75) is 36.5 Å². The normalized spacial score (nSPS) is 16.9. The molecule has 2 heterocycles. The molecule has 0 bridgehead atoms. The second-order valence-electron chi connectivity index (χ2n) is 7.93. The van der Waals surface area contributed by atoms with Gasteiger partial charge in [-0.25, -0.2) is 13.1 Å². The van der Waals surface area contributed by atoms with E-state index in [1.807, 2.05) is 4.90 Å². The molecular weight excluding hydrogens is 418 g/mol. The summed E-state index contributed by atoms with van der Waals surface area (Å²) in [5.74, 6) is -0.00214. The summed E-state index contributed by atoms with van der Waals surface area (Å²) in [4.78, 5) is 28.8. The number of carbonyl (C=O) groups excluding carboxylic acids is 2. The minimum Gasteiger partial charge on any atom is -0.345 e. The Balaban J connectivity index is 1.61. The number of nitrogens with zero attached hydrogens (tertiary/aromatic N) is 3. The van der Waals surface area contributed by atoms with Gasteiger partial charge in [0.2, 0.25) is 15.9 Å². The van der Waals surface area contributed by atoms with Crippen molar-refractivity contribution >= 4 is 21.8 Å². The fraction of sp³-hybridized carbons (Fsp3) is 0.476. The lowest BCUT2D eigenvalue weighted by molar-refractivity contribution is -0.132. The Morgan fingerprint density at radius 1 is 1.26 bits per heavy atom. The number of rotatable bonds is 7. The molecule has 3 rings (SSSR count). The molecule has 1 aliphatic rings. The number of hydrogen-bond acceptors (Lipinski definition) is 5. The molecule has 1 atom stereocenters. The third kappa shape index (κ3) is 5.31. The minimum atomic E-state index is -3.47. The van der Waals surface area contributed by atoms with E-state index in [2.05, 4.69) is 14.9 Å². The molecule has 0 radical (unpaired) electrons. The number of sulfonamides is 1. The Morgan fingerprint density at radius 2 is 1.97 bits per heavy atom. The summed E-state index contributed by atoms with van der Waals surface area (Å²) in [6, 6.07) is 6.56. The van der Waals surface area contributed by atoms with Crippen molar-refractivity contribution in [2.24, 2.45) is 0 Å². The van der Waals surface area contributed by atoms with E-state index < -0.39 is 10.0 Å². The van der Waals surface area contributed by atoms with Gasteiger partial charge in [-0.05, 0) is 44.0 Å². The maximum Gasteiger partial charge on any atom is 0.256 e. The lowest BCUT2D eigenvalue weighted by Crippen LogP contribution is -2.39. The second kappa shape index (κ2) is 9.61. The lowest BCUT2D eigenvalue weighted by Gasteiger charge is -2.33. The molecule has 2 aromatic rings. The van der Waals surface area contributed by atoms with E-state index >= 15 is 0 Å². The monoisotopic (exact) mass is 447 g/mol. The van der Waals surface area contributed by atoms with Crippen LogP contribution in [0.5, 0.6) is 0 Å². The second-order valence-corrected chi connectivity index (χ2v) is 9.81. The highest BCUT2D eigenvalue weighted by Crippen LogP contribution is 2.28. The van der Waals surface area contributed by atoms with Gasteiger partial charge in [0.15, 0.2) is 0 Å². The molecule has 0 saturated carbocycles. The van der Waals surface area contributed by atoms with E-state index in [4.69, 9.17) is 0 Å². The Morgan fingerprint density at radius 3 is 2.61 bits per heavy atom. The number of amides is 2. The predicted molar refractivity (Wildman–Crippen MR) is 116 cm³/mol. The van der Waals surface area contributed by atoms with E-state index in [1.165, 1.54) is 11.9 Å². The number of piperidine rings is 1. The summed E-state index contributed by atoms with van der Waals surface area (Å²) < 4.78 is 25.9. The number of hydrogen-bond donors (Lipinski definition) is 2. The topological polar surface area (TPSA) is 115 Å². The molecule has 0 unspecified atom stereocenters. The van der Waals surface area contributed by atoms with Crippen LogP contribution in [0.15, 0.2) is 35.4 Å². The van der Waals surface area contributed by atoms with Crippen LogP contribution in [-0.4, -0.2) is 74.5 Å². The molecule has 10 heteroatoms. The van der Waals surface area contributed by atoms with Crippen LogP contribution in [0.2, 0.25) is 0 Å². The first-order chi connectivity index (χ1) is 14.7. The number of H-pyrrole nitrogens is 1. The SMILES string of the molecule is CNS(=O)(=O)c1ccc(CCC(=O)N2CCC[C@H](c3[nH]ncc3C(=O)N(C)C)C2)cc1. The van der Waals surface area contributed by atoms with E-state index in [1.54, 1.807) is 44.6 Å². The first kappa shape index (κ1) is 23.0. The number of aromatic amines is 1. The number of likely N-dealkylation sites (tertiary alicyclic amines) is 1. The van der Waals surface area contributed by atoms with Gasteiger partial charge in [-0.2, -0.15) is 5.10 Å².